The van der Waals surface area contributed by atoms with E-state index < -0.39 is 32.5 Å². The molecule has 19 heavy (non-hydrogen) atoms. The lowest BCUT2D eigenvalue weighted by Gasteiger charge is -2.19. The molecule has 0 spiro atoms. The molecular formula is C7H10F5O6P. The number of rotatable bonds is 4. The third kappa shape index (κ3) is 10.6. The van der Waals surface area contributed by atoms with E-state index >= 15 is 0 Å². The Labute approximate surface area is 103 Å². The van der Waals surface area contributed by atoms with Gasteiger partial charge in [-0.3, -0.25) is 4.52 Å². The molecule has 114 valence electrons. The van der Waals surface area contributed by atoms with Gasteiger partial charge in [-0.1, -0.05) is 6.58 Å². The Morgan fingerprint density at radius 3 is 1.74 bits per heavy atom. The van der Waals surface area contributed by atoms with E-state index in [1.54, 1.807) is 0 Å². The van der Waals surface area contributed by atoms with Crippen molar-refractivity contribution in [3.63, 3.8) is 0 Å². The molecule has 0 radical (unpaired) electrons. The van der Waals surface area contributed by atoms with Crippen molar-refractivity contribution in [2.75, 3.05) is 6.61 Å². The quantitative estimate of drug-likeness (QED) is 0.416. The van der Waals surface area contributed by atoms with Gasteiger partial charge >= 0.3 is 25.9 Å². The molecule has 0 fully saturated rings. The maximum atomic E-state index is 11.9. The van der Waals surface area contributed by atoms with E-state index in [0.29, 0.717) is 0 Å². The van der Waals surface area contributed by atoms with Crippen LogP contribution in [0, 0.1) is 0 Å². The number of hydrogen-bond acceptors (Lipinski definition) is 3. The van der Waals surface area contributed by atoms with Gasteiger partial charge in [-0.25, -0.2) is 9.36 Å². The van der Waals surface area contributed by atoms with Crippen molar-refractivity contribution < 1.29 is 50.7 Å². The van der Waals surface area contributed by atoms with Crippen LogP contribution in [0.5, 0.6) is 0 Å². The molecule has 0 heterocycles. The van der Waals surface area contributed by atoms with Crippen molar-refractivity contribution in [3.8, 4) is 0 Å². The van der Waals surface area contributed by atoms with E-state index in [1.165, 1.54) is 6.92 Å². The molecule has 0 amide bonds. The molecule has 6 nitrogen and oxygen atoms in total. The molecule has 0 aliphatic rings. The van der Waals surface area contributed by atoms with E-state index in [-0.39, 0.29) is 5.57 Å². The average Bonchev–Trinajstić information content (AvgIpc) is 2.13. The predicted octanol–water partition coefficient (Wildman–Crippen LogP) is 1.94. The summed E-state index contributed by atoms with van der Waals surface area (Å²) < 4.78 is 70.5. The van der Waals surface area contributed by atoms with Crippen LogP contribution in [0.4, 0.5) is 22.0 Å². The summed E-state index contributed by atoms with van der Waals surface area (Å²) >= 11 is 0. The summed E-state index contributed by atoms with van der Waals surface area (Å²) in [4.78, 5) is 25.3. The van der Waals surface area contributed by atoms with Crippen LogP contribution in [-0.2, 0) is 13.9 Å². The maximum absolute atomic E-state index is 11.9. The summed E-state index contributed by atoms with van der Waals surface area (Å²) in [5, 5.41) is 7.89. The molecule has 0 saturated carbocycles. The fraction of sp³-hybridized carbons (Fsp3) is 0.571. The lowest BCUT2D eigenvalue weighted by atomic mass is 10.3. The van der Waals surface area contributed by atoms with Gasteiger partial charge in [-0.2, -0.15) is 22.0 Å². The molecule has 0 aliphatic heterocycles. The second-order valence-electron chi connectivity index (χ2n) is 3.05. The first kappa shape index (κ1) is 20.3. The Hall–Kier alpha value is -1.03. The highest BCUT2D eigenvalue weighted by molar-refractivity contribution is 7.46. The van der Waals surface area contributed by atoms with Crippen molar-refractivity contribution in [3.05, 3.63) is 12.2 Å². The van der Waals surface area contributed by atoms with Gasteiger partial charge in [0, 0.05) is 5.57 Å². The highest BCUT2D eigenvalue weighted by Crippen LogP contribution is 2.42. The Balaban J connectivity index is 0. The Morgan fingerprint density at radius 2 is 1.58 bits per heavy atom. The molecule has 0 aliphatic carbocycles. The van der Waals surface area contributed by atoms with Gasteiger partial charge in [0.05, 0.1) is 0 Å². The summed E-state index contributed by atoms with van der Waals surface area (Å²) in [6, 6.07) is 0. The first-order valence-corrected chi connectivity index (χ1v) is 5.66. The van der Waals surface area contributed by atoms with Gasteiger partial charge < -0.3 is 14.9 Å². The maximum Gasteiger partial charge on any atom is 0.469 e. The van der Waals surface area contributed by atoms with Crippen LogP contribution in [0.1, 0.15) is 6.92 Å². The van der Waals surface area contributed by atoms with E-state index in [0.717, 1.165) is 0 Å². The minimum atomic E-state index is -5.89. The zero-order chi connectivity index (χ0) is 16.1. The van der Waals surface area contributed by atoms with Crippen molar-refractivity contribution in [1.82, 2.24) is 0 Å². The molecule has 3 N–H and O–H groups in total. The van der Waals surface area contributed by atoms with Crippen LogP contribution < -0.4 is 0 Å². The Morgan fingerprint density at radius 1 is 1.26 bits per heavy atom. The number of carboxylic acid groups (broad SMARTS) is 1. The van der Waals surface area contributed by atoms with Crippen LogP contribution in [0.2, 0.25) is 0 Å². The van der Waals surface area contributed by atoms with Crippen molar-refractivity contribution >= 4 is 13.8 Å². The molecule has 0 bridgehead atoms. The van der Waals surface area contributed by atoms with Gasteiger partial charge in [0.25, 0.3) is 0 Å². The number of aliphatic carboxylic acids is 1. The topological polar surface area (TPSA) is 104 Å². The van der Waals surface area contributed by atoms with E-state index in [4.69, 9.17) is 14.9 Å². The third-order valence-electron chi connectivity index (χ3n) is 1.19. The third-order valence-corrected chi connectivity index (χ3v) is 1.66. The fourth-order valence-electron chi connectivity index (χ4n) is 0.247. The molecule has 0 atom stereocenters. The van der Waals surface area contributed by atoms with Crippen LogP contribution in [0.3, 0.4) is 0 Å². The monoisotopic (exact) mass is 316 g/mol. The largest absolute Gasteiger partial charge is 0.478 e. The Kier molecular flexibility index (Phi) is 7.41. The smallest absolute Gasteiger partial charge is 0.469 e. The first-order valence-electron chi connectivity index (χ1n) is 4.13. The van der Waals surface area contributed by atoms with Crippen LogP contribution in [0.15, 0.2) is 12.2 Å². The van der Waals surface area contributed by atoms with E-state index in [1.807, 2.05) is 0 Å². The van der Waals surface area contributed by atoms with E-state index in [2.05, 4.69) is 11.1 Å². The molecule has 12 heteroatoms. The molecular weight excluding hydrogens is 306 g/mol. The van der Waals surface area contributed by atoms with Crippen LogP contribution >= 0.6 is 7.82 Å². The molecule has 0 unspecified atom stereocenters. The lowest BCUT2D eigenvalue weighted by Crippen LogP contribution is -2.40. The van der Waals surface area contributed by atoms with Gasteiger partial charge in [0.2, 0.25) is 0 Å². The van der Waals surface area contributed by atoms with Crippen LogP contribution in [0.25, 0.3) is 0 Å². The highest BCUT2D eigenvalue weighted by atomic mass is 31.2. The number of hydrogen-bond donors (Lipinski definition) is 3. The summed E-state index contributed by atoms with van der Waals surface area (Å²) in [6.07, 6.45) is -5.89. The highest BCUT2D eigenvalue weighted by Gasteiger charge is 2.58. The second kappa shape index (κ2) is 6.94. The van der Waals surface area contributed by atoms with Crippen molar-refractivity contribution in [2.45, 2.75) is 19.0 Å². The molecule has 0 aromatic heterocycles. The summed E-state index contributed by atoms with van der Waals surface area (Å²) in [5.74, 6) is -6.20. The normalized spacial score (nSPS) is 12.4. The zero-order valence-electron chi connectivity index (χ0n) is 9.32. The average molecular weight is 316 g/mol. The number of alkyl halides is 5. The first-order chi connectivity index (χ1) is 8.10. The van der Waals surface area contributed by atoms with Gasteiger partial charge in [-0.05, 0) is 6.92 Å². The molecule has 0 aromatic rings. The van der Waals surface area contributed by atoms with E-state index in [9.17, 15) is 31.3 Å². The number of phosphoric ester groups is 1. The van der Waals surface area contributed by atoms with Gasteiger partial charge in [-0.15, -0.1) is 0 Å². The van der Waals surface area contributed by atoms with Gasteiger partial charge in [0.1, 0.15) is 6.61 Å². The zero-order valence-corrected chi connectivity index (χ0v) is 10.2. The second-order valence-corrected chi connectivity index (χ2v) is 4.29. The number of carboxylic acids is 1. The standard InChI is InChI=1S/C4H6O2.C3H4F5O4P/c1-3(2)4(5)6;4-2(5,3(6,7)8)1-12-13(9,10)11/h1H2,2H3,(H,5,6);1H2,(H2,9,10,11). The summed E-state index contributed by atoms with van der Waals surface area (Å²) in [7, 11) is -5.31. The lowest BCUT2D eigenvalue weighted by molar-refractivity contribution is -0.290. The minimum Gasteiger partial charge on any atom is -0.478 e. The number of phosphoric acid groups is 1. The molecule has 0 aromatic carbocycles. The van der Waals surface area contributed by atoms with Crippen molar-refractivity contribution in [2.24, 2.45) is 0 Å². The minimum absolute atomic E-state index is 0.176. The summed E-state index contributed by atoms with van der Waals surface area (Å²) in [5.41, 5.74) is 0.176. The predicted molar refractivity (Wildman–Crippen MR) is 51.4 cm³/mol. The van der Waals surface area contributed by atoms with Crippen LogP contribution in [-0.4, -0.2) is 39.6 Å². The summed E-state index contributed by atoms with van der Waals surface area (Å²) in [6.45, 7) is 2.20. The molecule has 0 rings (SSSR count). The molecule has 0 saturated heterocycles. The van der Waals surface area contributed by atoms with Gasteiger partial charge in [0.15, 0.2) is 0 Å². The number of halogens is 5. The Bertz CT molecular complexity index is 361. The van der Waals surface area contributed by atoms with Crippen molar-refractivity contribution in [1.29, 1.82) is 0 Å². The number of carbonyl (C=O) groups is 1. The fourth-order valence-corrected chi connectivity index (χ4v) is 0.577. The SMILES string of the molecule is C=C(C)C(=O)O.O=P(O)(O)OCC(F)(F)C(F)(F)F.